The van der Waals surface area contributed by atoms with Crippen LogP contribution in [0.4, 0.5) is 0 Å². The zero-order chi connectivity index (χ0) is 15.8. The van der Waals surface area contributed by atoms with Gasteiger partial charge in [0.15, 0.2) is 0 Å². The van der Waals surface area contributed by atoms with Crippen LogP contribution in [0.15, 0.2) is 64.0 Å². The lowest BCUT2D eigenvalue weighted by Crippen LogP contribution is -2.01. The van der Waals surface area contributed by atoms with Gasteiger partial charge in [-0.15, -0.1) is 5.10 Å². The molecule has 1 aromatic heterocycles. The molecule has 2 aromatic carbocycles. The molecule has 0 spiro atoms. The van der Waals surface area contributed by atoms with E-state index in [1.54, 1.807) is 12.1 Å². The molecule has 0 radical (unpaired) electrons. The molecule has 1 N–H and O–H groups in total. The van der Waals surface area contributed by atoms with Crippen molar-refractivity contribution in [2.24, 2.45) is 15.4 Å². The molecule has 4 rings (SSSR count). The molecule has 0 saturated heterocycles. The van der Waals surface area contributed by atoms with Gasteiger partial charge in [0.25, 0.3) is 0 Å². The maximum absolute atomic E-state index is 9.59. The van der Waals surface area contributed by atoms with Crippen molar-refractivity contribution in [3.05, 3.63) is 59.7 Å². The number of aryl methyl sites for hydroxylation is 1. The van der Waals surface area contributed by atoms with Crippen LogP contribution in [0.2, 0.25) is 0 Å². The molecule has 23 heavy (non-hydrogen) atoms. The molecule has 0 unspecified atom stereocenters. The standard InChI is InChI=1S/C18H14N4O/c1-11-8-14-9-15(23)6-7-16(14)20-18(11)13-4-2-12(3-5-13)17-10-19-22-21-17/h2-9,23H,10H2,1H3. The first kappa shape index (κ1) is 13.6. The predicted octanol–water partition coefficient (Wildman–Crippen LogP) is 4.09. The van der Waals surface area contributed by atoms with E-state index in [0.29, 0.717) is 6.54 Å². The van der Waals surface area contributed by atoms with Crippen LogP contribution in [0, 0.1) is 6.92 Å². The Morgan fingerprint density at radius 2 is 1.74 bits per heavy atom. The fourth-order valence-corrected chi connectivity index (χ4v) is 2.75. The number of rotatable bonds is 2. The van der Waals surface area contributed by atoms with Crippen LogP contribution in [0.1, 0.15) is 11.1 Å². The average molecular weight is 302 g/mol. The zero-order valence-corrected chi connectivity index (χ0v) is 12.6. The number of hydrogen-bond donors (Lipinski definition) is 1. The Labute approximate surface area is 133 Å². The van der Waals surface area contributed by atoms with Gasteiger partial charge >= 0.3 is 0 Å². The number of aromatic hydroxyl groups is 1. The minimum atomic E-state index is 0.254. The van der Waals surface area contributed by atoms with Crippen LogP contribution in [0.3, 0.4) is 0 Å². The number of nitrogens with zero attached hydrogens (tertiary/aromatic N) is 4. The highest BCUT2D eigenvalue weighted by molar-refractivity contribution is 6.02. The Hall–Kier alpha value is -3.08. The topological polar surface area (TPSA) is 70.2 Å². The third-order valence-electron chi connectivity index (χ3n) is 3.93. The summed E-state index contributed by atoms with van der Waals surface area (Å²) in [6.07, 6.45) is 0. The van der Waals surface area contributed by atoms with E-state index >= 15 is 0 Å². The van der Waals surface area contributed by atoms with Gasteiger partial charge in [-0.2, -0.15) is 5.11 Å². The van der Waals surface area contributed by atoms with Crippen molar-refractivity contribution in [2.75, 3.05) is 6.54 Å². The second kappa shape index (κ2) is 5.28. The number of phenolic OH excluding ortho intramolecular Hbond substituents is 1. The molecule has 2 heterocycles. The van der Waals surface area contributed by atoms with E-state index in [9.17, 15) is 5.11 Å². The second-order valence-electron chi connectivity index (χ2n) is 5.54. The van der Waals surface area contributed by atoms with Crippen LogP contribution < -0.4 is 0 Å². The summed E-state index contributed by atoms with van der Waals surface area (Å²) in [6, 6.07) is 15.4. The molecular formula is C18H14N4O. The fraction of sp³-hybridized carbons (Fsp3) is 0.111. The zero-order valence-electron chi connectivity index (χ0n) is 12.6. The molecule has 3 aromatic rings. The molecule has 0 bridgehead atoms. The van der Waals surface area contributed by atoms with Gasteiger partial charge in [0, 0.05) is 10.9 Å². The summed E-state index contributed by atoms with van der Waals surface area (Å²) in [5.74, 6) is 0.254. The molecule has 0 aliphatic carbocycles. The highest BCUT2D eigenvalue weighted by Gasteiger charge is 2.10. The Kier molecular flexibility index (Phi) is 3.12. The van der Waals surface area contributed by atoms with Crippen LogP contribution in [0.5, 0.6) is 5.75 Å². The number of phenols is 1. The first-order chi connectivity index (χ1) is 11.2. The molecule has 0 saturated carbocycles. The van der Waals surface area contributed by atoms with Crippen molar-refractivity contribution >= 4 is 16.6 Å². The van der Waals surface area contributed by atoms with Crippen molar-refractivity contribution in [1.29, 1.82) is 0 Å². The molecule has 5 nitrogen and oxygen atoms in total. The van der Waals surface area contributed by atoms with E-state index in [4.69, 9.17) is 4.98 Å². The van der Waals surface area contributed by atoms with Gasteiger partial charge in [0.1, 0.15) is 12.3 Å². The summed E-state index contributed by atoms with van der Waals surface area (Å²) < 4.78 is 0. The van der Waals surface area contributed by atoms with Gasteiger partial charge in [-0.25, -0.2) is 4.98 Å². The smallest absolute Gasteiger partial charge is 0.116 e. The predicted molar refractivity (Wildman–Crippen MR) is 89.8 cm³/mol. The van der Waals surface area contributed by atoms with Gasteiger partial charge in [0.05, 0.1) is 16.9 Å². The Morgan fingerprint density at radius 3 is 2.48 bits per heavy atom. The lowest BCUT2D eigenvalue weighted by molar-refractivity contribution is 0.476. The van der Waals surface area contributed by atoms with E-state index in [2.05, 4.69) is 15.4 Å². The number of hydrogen-bond acceptors (Lipinski definition) is 5. The molecule has 112 valence electrons. The molecule has 5 heteroatoms. The number of benzene rings is 2. The quantitative estimate of drug-likeness (QED) is 0.774. The first-order valence-electron chi connectivity index (χ1n) is 7.35. The molecule has 0 fully saturated rings. The molecule has 0 amide bonds. The summed E-state index contributed by atoms with van der Waals surface area (Å²) in [6.45, 7) is 2.56. The molecule has 1 aliphatic heterocycles. The highest BCUT2D eigenvalue weighted by Crippen LogP contribution is 2.27. The van der Waals surface area contributed by atoms with Crippen molar-refractivity contribution < 1.29 is 5.11 Å². The number of pyridine rings is 1. The Morgan fingerprint density at radius 1 is 0.957 bits per heavy atom. The first-order valence-corrected chi connectivity index (χ1v) is 7.35. The van der Waals surface area contributed by atoms with Crippen LogP contribution in [0.25, 0.3) is 22.2 Å². The van der Waals surface area contributed by atoms with Gasteiger partial charge in [0.2, 0.25) is 0 Å². The minimum absolute atomic E-state index is 0.254. The van der Waals surface area contributed by atoms with E-state index in [1.165, 1.54) is 0 Å². The lowest BCUT2D eigenvalue weighted by atomic mass is 10.0. The fourth-order valence-electron chi connectivity index (χ4n) is 2.75. The second-order valence-corrected chi connectivity index (χ2v) is 5.54. The molecule has 0 atom stereocenters. The average Bonchev–Trinajstić information content (AvgIpc) is 3.09. The Bertz CT molecular complexity index is 959. The van der Waals surface area contributed by atoms with Crippen molar-refractivity contribution in [3.63, 3.8) is 0 Å². The van der Waals surface area contributed by atoms with Crippen LogP contribution in [-0.4, -0.2) is 22.3 Å². The van der Waals surface area contributed by atoms with Gasteiger partial charge in [-0.3, -0.25) is 0 Å². The third-order valence-corrected chi connectivity index (χ3v) is 3.93. The number of fused-ring (bicyclic) bond motifs is 1. The summed E-state index contributed by atoms with van der Waals surface area (Å²) in [4.78, 5) is 4.73. The number of aromatic nitrogens is 1. The molecular weight excluding hydrogens is 288 g/mol. The summed E-state index contributed by atoms with van der Waals surface area (Å²) >= 11 is 0. The van der Waals surface area contributed by atoms with E-state index in [-0.39, 0.29) is 5.75 Å². The normalized spacial score (nSPS) is 13.5. The third kappa shape index (κ3) is 2.46. The SMILES string of the molecule is Cc1cc2cc(O)ccc2nc1-c1ccc(C2=NN=NC2)cc1. The summed E-state index contributed by atoms with van der Waals surface area (Å²) in [7, 11) is 0. The largest absolute Gasteiger partial charge is 0.508 e. The van der Waals surface area contributed by atoms with E-state index in [0.717, 1.165) is 39.0 Å². The highest BCUT2D eigenvalue weighted by atomic mass is 16.3. The molecule has 1 aliphatic rings. The van der Waals surface area contributed by atoms with E-state index < -0.39 is 0 Å². The van der Waals surface area contributed by atoms with Gasteiger partial charge in [-0.05, 0) is 47.5 Å². The van der Waals surface area contributed by atoms with Crippen molar-refractivity contribution in [3.8, 4) is 17.0 Å². The van der Waals surface area contributed by atoms with E-state index in [1.807, 2.05) is 43.3 Å². The minimum Gasteiger partial charge on any atom is -0.508 e. The Balaban J connectivity index is 1.76. The van der Waals surface area contributed by atoms with Crippen molar-refractivity contribution in [2.45, 2.75) is 6.92 Å². The summed E-state index contributed by atoms with van der Waals surface area (Å²) in [5.41, 5.74) is 5.84. The van der Waals surface area contributed by atoms with Gasteiger partial charge < -0.3 is 5.11 Å². The maximum atomic E-state index is 9.59. The maximum Gasteiger partial charge on any atom is 0.116 e. The van der Waals surface area contributed by atoms with Crippen molar-refractivity contribution in [1.82, 2.24) is 4.98 Å². The monoisotopic (exact) mass is 302 g/mol. The van der Waals surface area contributed by atoms with Gasteiger partial charge in [-0.1, -0.05) is 24.3 Å². The van der Waals surface area contributed by atoms with Crippen LogP contribution in [-0.2, 0) is 0 Å². The lowest BCUT2D eigenvalue weighted by Gasteiger charge is -2.09. The van der Waals surface area contributed by atoms with Crippen LogP contribution >= 0.6 is 0 Å². The summed E-state index contributed by atoms with van der Waals surface area (Å²) in [5, 5.41) is 22.1.